The minimum Gasteiger partial charge on any atom is -0.390 e. The molecule has 4 bridgehead atoms. The van der Waals surface area contributed by atoms with Crippen molar-refractivity contribution >= 4 is 5.65 Å². The van der Waals surface area contributed by atoms with Crippen LogP contribution in [0.15, 0.2) is 48.9 Å². The van der Waals surface area contributed by atoms with Gasteiger partial charge in [-0.2, -0.15) is 10.4 Å². The summed E-state index contributed by atoms with van der Waals surface area (Å²) in [5, 5.41) is 25.7. The molecule has 4 aliphatic carbocycles. The molecule has 0 amide bonds. The molecule has 3 aromatic heterocycles. The van der Waals surface area contributed by atoms with Gasteiger partial charge in [0.15, 0.2) is 11.3 Å². The normalized spacial score (nSPS) is 29.6. The van der Waals surface area contributed by atoms with E-state index >= 15 is 0 Å². The number of rotatable bonds is 3. The lowest BCUT2D eigenvalue weighted by Crippen LogP contribution is -2.59. The maximum absolute atomic E-state index is 13.7. The van der Waals surface area contributed by atoms with E-state index in [9.17, 15) is 14.8 Å². The molecule has 4 aromatic rings. The third-order valence-electron chi connectivity index (χ3n) is 8.12. The summed E-state index contributed by atoms with van der Waals surface area (Å²) in [6, 6.07) is 12.2. The average Bonchev–Trinajstić information content (AvgIpc) is 3.42. The Labute approximate surface area is 195 Å². The Kier molecular flexibility index (Phi) is 3.93. The van der Waals surface area contributed by atoms with Crippen molar-refractivity contribution in [2.45, 2.75) is 49.7 Å². The maximum Gasteiger partial charge on any atom is 0.162 e. The zero-order valence-corrected chi connectivity index (χ0v) is 18.5. The monoisotopic (exact) mass is 454 g/mol. The topological polar surface area (TPSA) is 92.0 Å². The Hall–Kier alpha value is -3.57. The molecule has 1 aromatic carbocycles. The zero-order chi connectivity index (χ0) is 23.1. The molecule has 4 fully saturated rings. The quantitative estimate of drug-likeness (QED) is 0.498. The first-order chi connectivity index (χ1) is 16.5. The second kappa shape index (κ2) is 6.73. The van der Waals surface area contributed by atoms with E-state index in [1.54, 1.807) is 16.6 Å². The molecule has 0 aliphatic heterocycles. The van der Waals surface area contributed by atoms with Crippen LogP contribution in [0.1, 0.15) is 44.2 Å². The highest BCUT2D eigenvalue weighted by molar-refractivity contribution is 5.77. The molecule has 7 nitrogen and oxygen atoms in total. The predicted molar refractivity (Wildman–Crippen MR) is 122 cm³/mol. The summed E-state index contributed by atoms with van der Waals surface area (Å²) in [6.45, 7) is 0. The van der Waals surface area contributed by atoms with Crippen LogP contribution in [-0.2, 0) is 5.54 Å². The van der Waals surface area contributed by atoms with Crippen molar-refractivity contribution in [1.82, 2.24) is 24.1 Å². The van der Waals surface area contributed by atoms with Crippen LogP contribution in [0.25, 0.3) is 28.3 Å². The molecule has 0 spiro atoms. The number of benzene rings is 1. The Balaban J connectivity index is 1.46. The second-order valence-electron chi connectivity index (χ2n) is 10.5. The van der Waals surface area contributed by atoms with Crippen LogP contribution in [-0.4, -0.2) is 34.9 Å². The van der Waals surface area contributed by atoms with E-state index < -0.39 is 5.60 Å². The first-order valence-corrected chi connectivity index (χ1v) is 11.8. The molecule has 0 radical (unpaired) electrons. The van der Waals surface area contributed by atoms with E-state index in [-0.39, 0.29) is 11.4 Å². The fraction of sp³-hybridized carbons (Fsp3) is 0.385. The first kappa shape index (κ1) is 19.9. The molecular weight excluding hydrogens is 431 g/mol. The summed E-state index contributed by atoms with van der Waals surface area (Å²) in [5.41, 5.74) is 3.10. The zero-order valence-electron chi connectivity index (χ0n) is 18.5. The van der Waals surface area contributed by atoms with Crippen LogP contribution in [0, 0.1) is 29.0 Å². The van der Waals surface area contributed by atoms with Crippen molar-refractivity contribution in [2.75, 3.05) is 0 Å². The van der Waals surface area contributed by atoms with E-state index in [0.717, 1.165) is 36.9 Å². The fourth-order valence-electron chi connectivity index (χ4n) is 7.30. The number of aliphatic hydroxyl groups is 1. The number of halogens is 1. The van der Waals surface area contributed by atoms with E-state index in [2.05, 4.69) is 15.6 Å². The van der Waals surface area contributed by atoms with Crippen LogP contribution in [0.4, 0.5) is 4.39 Å². The summed E-state index contributed by atoms with van der Waals surface area (Å²) >= 11 is 0. The minimum absolute atomic E-state index is 0.233. The van der Waals surface area contributed by atoms with Gasteiger partial charge in [-0.3, -0.25) is 0 Å². The molecule has 4 saturated carbocycles. The fourth-order valence-corrected chi connectivity index (χ4v) is 7.30. The Morgan fingerprint density at radius 3 is 2.50 bits per heavy atom. The number of nitrogens with zero attached hydrogens (tertiary/aromatic N) is 6. The highest BCUT2D eigenvalue weighted by atomic mass is 19.1. The van der Waals surface area contributed by atoms with Crippen LogP contribution in [0.2, 0.25) is 0 Å². The largest absolute Gasteiger partial charge is 0.390 e. The summed E-state index contributed by atoms with van der Waals surface area (Å²) in [6.07, 6.45) is 9.05. The third kappa shape index (κ3) is 2.80. The Morgan fingerprint density at radius 2 is 1.79 bits per heavy atom. The van der Waals surface area contributed by atoms with Crippen molar-refractivity contribution in [2.24, 2.45) is 11.8 Å². The molecule has 8 heteroatoms. The highest BCUT2D eigenvalue weighted by Crippen LogP contribution is 2.61. The maximum atomic E-state index is 13.7. The number of nitriles is 1. The van der Waals surface area contributed by atoms with E-state index in [0.29, 0.717) is 41.0 Å². The van der Waals surface area contributed by atoms with Gasteiger partial charge in [-0.1, -0.05) is 0 Å². The smallest absolute Gasteiger partial charge is 0.162 e. The first-order valence-electron chi connectivity index (χ1n) is 11.8. The van der Waals surface area contributed by atoms with Crippen molar-refractivity contribution < 1.29 is 9.50 Å². The molecule has 8 rings (SSSR count). The molecule has 1 N–H and O–H groups in total. The Bertz CT molecular complexity index is 1470. The van der Waals surface area contributed by atoms with Gasteiger partial charge in [0.25, 0.3) is 0 Å². The van der Waals surface area contributed by atoms with Gasteiger partial charge in [-0.25, -0.2) is 18.9 Å². The minimum atomic E-state index is -0.628. The number of fused-ring (bicyclic) bond motifs is 1. The number of aromatic nitrogens is 5. The van der Waals surface area contributed by atoms with E-state index in [1.165, 1.54) is 24.8 Å². The van der Waals surface area contributed by atoms with E-state index in [1.807, 2.05) is 18.5 Å². The third-order valence-corrected chi connectivity index (χ3v) is 8.12. The van der Waals surface area contributed by atoms with Gasteiger partial charge in [-0.05, 0) is 86.8 Å². The Morgan fingerprint density at radius 1 is 1.03 bits per heavy atom. The van der Waals surface area contributed by atoms with Gasteiger partial charge in [0, 0.05) is 11.1 Å². The molecule has 3 heterocycles. The number of hydrogen-bond acceptors (Lipinski definition) is 5. The van der Waals surface area contributed by atoms with Crippen LogP contribution < -0.4 is 0 Å². The standard InChI is InChI=1S/C26H23FN6O/c27-19-3-1-18(2-4-19)23-24(21-5-6-22-29-13-20(12-28)33(22)31-21)32(15-30-23)25-8-16-7-17(9-25)11-26(34,10-16)14-25/h1-6,13,15-17,34H,7-11,14H2/t16-,17+,25?,26?. The van der Waals surface area contributed by atoms with Gasteiger partial charge < -0.3 is 9.67 Å². The van der Waals surface area contributed by atoms with Gasteiger partial charge in [0.1, 0.15) is 17.6 Å². The van der Waals surface area contributed by atoms with Crippen molar-refractivity contribution in [3.05, 3.63) is 60.4 Å². The van der Waals surface area contributed by atoms with Crippen molar-refractivity contribution in [3.63, 3.8) is 0 Å². The molecular formula is C26H23FN6O. The van der Waals surface area contributed by atoms with Crippen molar-refractivity contribution in [3.8, 4) is 28.7 Å². The van der Waals surface area contributed by atoms with E-state index in [4.69, 9.17) is 10.1 Å². The summed E-state index contributed by atoms with van der Waals surface area (Å²) in [5.74, 6) is 0.708. The SMILES string of the molecule is N#Cc1cnc2ccc(-c3c(-c4ccc(F)cc4)ncn3C34C[C@@H]5C[C@@H](CC(O)(C5)C3)C4)nn12. The predicted octanol–water partition coefficient (Wildman–Crippen LogP) is 4.31. The van der Waals surface area contributed by atoms with Gasteiger partial charge in [0.05, 0.1) is 29.5 Å². The second-order valence-corrected chi connectivity index (χ2v) is 10.5. The van der Waals surface area contributed by atoms with Crippen LogP contribution in [0.3, 0.4) is 0 Å². The molecule has 0 saturated heterocycles. The summed E-state index contributed by atoms with van der Waals surface area (Å²) < 4.78 is 17.5. The summed E-state index contributed by atoms with van der Waals surface area (Å²) in [7, 11) is 0. The molecule has 4 atom stereocenters. The molecule has 2 unspecified atom stereocenters. The number of imidazole rings is 2. The van der Waals surface area contributed by atoms with Gasteiger partial charge >= 0.3 is 0 Å². The van der Waals surface area contributed by atoms with Crippen LogP contribution in [0.5, 0.6) is 0 Å². The van der Waals surface area contributed by atoms with Crippen LogP contribution >= 0.6 is 0 Å². The lowest BCUT2D eigenvalue weighted by molar-refractivity contribution is -0.156. The molecule has 34 heavy (non-hydrogen) atoms. The molecule has 4 aliphatic rings. The average molecular weight is 455 g/mol. The van der Waals surface area contributed by atoms with Gasteiger partial charge in [0.2, 0.25) is 0 Å². The number of hydrogen-bond donors (Lipinski definition) is 1. The summed E-state index contributed by atoms with van der Waals surface area (Å²) in [4.78, 5) is 9.08. The highest BCUT2D eigenvalue weighted by Gasteiger charge is 2.58. The lowest BCUT2D eigenvalue weighted by atomic mass is 9.51. The van der Waals surface area contributed by atoms with Crippen molar-refractivity contribution in [1.29, 1.82) is 5.26 Å². The van der Waals surface area contributed by atoms with Gasteiger partial charge in [-0.15, -0.1) is 0 Å². The lowest BCUT2D eigenvalue weighted by Gasteiger charge is -2.60. The molecule has 170 valence electrons.